The number of halogens is 1. The third-order valence-electron chi connectivity index (χ3n) is 3.10. The molecule has 0 fully saturated rings. The molecule has 0 spiro atoms. The average molecular weight is 278 g/mol. The van der Waals surface area contributed by atoms with Crippen LogP contribution >= 0.6 is 0 Å². The Morgan fingerprint density at radius 3 is 2.60 bits per heavy atom. The van der Waals surface area contributed by atoms with E-state index >= 15 is 0 Å². The molecule has 1 atom stereocenters. The van der Waals surface area contributed by atoms with Crippen LogP contribution in [-0.2, 0) is 11.3 Å². The molecule has 20 heavy (non-hydrogen) atoms. The smallest absolute Gasteiger partial charge is 0.263 e. The topological polar surface area (TPSA) is 57.4 Å². The van der Waals surface area contributed by atoms with Crippen molar-refractivity contribution in [2.45, 2.75) is 32.0 Å². The molecule has 5 nitrogen and oxygen atoms in total. The Morgan fingerprint density at radius 2 is 1.95 bits per heavy atom. The van der Waals surface area contributed by atoms with Gasteiger partial charge in [-0.2, -0.15) is 4.98 Å². The van der Waals surface area contributed by atoms with Crippen molar-refractivity contribution in [3.05, 3.63) is 36.0 Å². The van der Waals surface area contributed by atoms with Crippen LogP contribution in [0.15, 0.2) is 28.8 Å². The highest BCUT2D eigenvalue weighted by atomic mass is 19.1. The highest BCUT2D eigenvalue weighted by Gasteiger charge is 2.41. The van der Waals surface area contributed by atoms with Crippen LogP contribution in [0.2, 0.25) is 0 Å². The van der Waals surface area contributed by atoms with Gasteiger partial charge in [0.15, 0.2) is 17.2 Å². The normalized spacial score (nSPS) is 21.8. The molecule has 0 saturated carbocycles. The molecule has 0 saturated heterocycles. The average Bonchev–Trinajstić information content (AvgIpc) is 2.89. The second kappa shape index (κ2) is 4.19. The fourth-order valence-electron chi connectivity index (χ4n) is 1.93. The predicted molar refractivity (Wildman–Crippen MR) is 68.3 cm³/mol. The van der Waals surface area contributed by atoms with E-state index in [-0.39, 0.29) is 18.3 Å². The number of fused-ring (bicyclic) bond motifs is 1. The number of benzene rings is 1. The van der Waals surface area contributed by atoms with Gasteiger partial charge in [-0.1, -0.05) is 17.3 Å². The van der Waals surface area contributed by atoms with E-state index in [1.807, 2.05) is 18.2 Å². The molecule has 106 valence electrons. The van der Waals surface area contributed by atoms with Crippen LogP contribution in [0.1, 0.15) is 32.5 Å². The molecule has 1 aliphatic heterocycles. The molecule has 0 aliphatic carbocycles. The quantitative estimate of drug-likeness (QED) is 0.845. The minimum atomic E-state index is -1.69. The number of rotatable bonds is 2. The summed E-state index contributed by atoms with van der Waals surface area (Å²) in [7, 11) is 0. The largest absolute Gasteiger partial charge is 0.485 e. The Morgan fingerprint density at radius 1 is 1.25 bits per heavy atom. The fraction of sp³-hybridized carbons (Fsp3) is 0.429. The van der Waals surface area contributed by atoms with Crippen molar-refractivity contribution < 1.29 is 18.4 Å². The minimum absolute atomic E-state index is 0.0730. The van der Waals surface area contributed by atoms with E-state index < -0.39 is 11.3 Å². The summed E-state index contributed by atoms with van der Waals surface area (Å²) in [4.78, 5) is 4.09. The first kappa shape index (κ1) is 12.9. The maximum atomic E-state index is 13.8. The standard InChI is InChI=1S/C14H15FN2O3/c1-13(2,15)12-16-11(17-20-12)14(3)8-18-9-6-4-5-7-10(9)19-14/h4-7H,8H2,1-3H3. The Labute approximate surface area is 115 Å². The van der Waals surface area contributed by atoms with Crippen LogP contribution < -0.4 is 9.47 Å². The summed E-state index contributed by atoms with van der Waals surface area (Å²) in [5.74, 6) is 1.47. The van der Waals surface area contributed by atoms with E-state index in [9.17, 15) is 4.39 Å². The molecule has 3 rings (SSSR count). The number of aromatic nitrogens is 2. The van der Waals surface area contributed by atoms with Gasteiger partial charge in [0.05, 0.1) is 0 Å². The number of hydrogen-bond acceptors (Lipinski definition) is 5. The molecule has 0 bridgehead atoms. The summed E-state index contributed by atoms with van der Waals surface area (Å²) < 4.78 is 30.3. The van der Waals surface area contributed by atoms with Crippen molar-refractivity contribution in [2.75, 3.05) is 6.61 Å². The Bertz CT molecular complexity index is 635. The first-order chi connectivity index (χ1) is 9.38. The predicted octanol–water partition coefficient (Wildman–Crippen LogP) is 2.96. The molecule has 1 aromatic carbocycles. The molecule has 1 aliphatic rings. The summed E-state index contributed by atoms with van der Waals surface area (Å²) in [5.41, 5.74) is -2.59. The van der Waals surface area contributed by atoms with Crippen LogP contribution in [0, 0.1) is 0 Å². The van der Waals surface area contributed by atoms with Crippen molar-refractivity contribution in [3.63, 3.8) is 0 Å². The second-order valence-corrected chi connectivity index (χ2v) is 5.46. The summed E-state index contributed by atoms with van der Waals surface area (Å²) in [6.07, 6.45) is 0. The van der Waals surface area contributed by atoms with Crippen LogP contribution in [-0.4, -0.2) is 16.7 Å². The molecule has 0 N–H and O–H groups in total. The molecular weight excluding hydrogens is 263 g/mol. The molecule has 0 amide bonds. The molecular formula is C14H15FN2O3. The van der Waals surface area contributed by atoms with E-state index in [1.165, 1.54) is 13.8 Å². The number of ether oxygens (including phenoxy) is 2. The van der Waals surface area contributed by atoms with Gasteiger partial charge < -0.3 is 14.0 Å². The van der Waals surface area contributed by atoms with Crippen LogP contribution in [0.5, 0.6) is 11.5 Å². The van der Waals surface area contributed by atoms with Gasteiger partial charge in [0.25, 0.3) is 5.89 Å². The minimum Gasteiger partial charge on any atom is -0.485 e. The maximum Gasteiger partial charge on any atom is 0.263 e. The van der Waals surface area contributed by atoms with Crippen molar-refractivity contribution in [1.29, 1.82) is 0 Å². The zero-order chi connectivity index (χ0) is 14.4. The number of alkyl halides is 1. The van der Waals surface area contributed by atoms with E-state index in [4.69, 9.17) is 14.0 Å². The van der Waals surface area contributed by atoms with Crippen LogP contribution in [0.3, 0.4) is 0 Å². The first-order valence-corrected chi connectivity index (χ1v) is 6.33. The highest BCUT2D eigenvalue weighted by molar-refractivity contribution is 5.41. The van der Waals surface area contributed by atoms with Crippen molar-refractivity contribution >= 4 is 0 Å². The Hall–Kier alpha value is -2.11. The van der Waals surface area contributed by atoms with Gasteiger partial charge in [0.2, 0.25) is 11.4 Å². The van der Waals surface area contributed by atoms with Crippen molar-refractivity contribution in [3.8, 4) is 11.5 Å². The molecule has 2 aromatic rings. The van der Waals surface area contributed by atoms with Crippen LogP contribution in [0.4, 0.5) is 4.39 Å². The lowest BCUT2D eigenvalue weighted by atomic mass is 10.1. The van der Waals surface area contributed by atoms with Gasteiger partial charge in [-0.05, 0) is 32.9 Å². The Balaban J connectivity index is 1.93. The number of para-hydroxylation sites is 2. The fourth-order valence-corrected chi connectivity index (χ4v) is 1.93. The summed E-state index contributed by atoms with van der Waals surface area (Å²) in [5, 5.41) is 3.82. The van der Waals surface area contributed by atoms with Gasteiger partial charge in [0, 0.05) is 0 Å². The summed E-state index contributed by atoms with van der Waals surface area (Å²) in [6.45, 7) is 4.73. The number of hydrogen-bond donors (Lipinski definition) is 0. The third-order valence-corrected chi connectivity index (χ3v) is 3.10. The maximum absolute atomic E-state index is 13.8. The Kier molecular flexibility index (Phi) is 2.70. The lowest BCUT2D eigenvalue weighted by Gasteiger charge is -2.32. The van der Waals surface area contributed by atoms with Crippen LogP contribution in [0.25, 0.3) is 0 Å². The van der Waals surface area contributed by atoms with E-state index in [0.717, 1.165) is 0 Å². The molecule has 1 aromatic heterocycles. The summed E-state index contributed by atoms with van der Waals surface area (Å²) >= 11 is 0. The van der Waals surface area contributed by atoms with E-state index in [0.29, 0.717) is 11.5 Å². The lowest BCUT2D eigenvalue weighted by molar-refractivity contribution is -0.00588. The second-order valence-electron chi connectivity index (χ2n) is 5.46. The van der Waals surface area contributed by atoms with Gasteiger partial charge in [-0.25, -0.2) is 4.39 Å². The lowest BCUT2D eigenvalue weighted by Crippen LogP contribution is -2.40. The van der Waals surface area contributed by atoms with E-state index in [2.05, 4.69) is 10.1 Å². The zero-order valence-corrected chi connectivity index (χ0v) is 11.5. The highest BCUT2D eigenvalue weighted by Crippen LogP contribution is 2.38. The zero-order valence-electron chi connectivity index (χ0n) is 11.5. The van der Waals surface area contributed by atoms with Crippen molar-refractivity contribution in [2.24, 2.45) is 0 Å². The van der Waals surface area contributed by atoms with Gasteiger partial charge in [-0.3, -0.25) is 0 Å². The van der Waals surface area contributed by atoms with E-state index in [1.54, 1.807) is 13.0 Å². The number of nitrogens with zero attached hydrogens (tertiary/aromatic N) is 2. The molecule has 6 heteroatoms. The SMILES string of the molecule is CC(C)(F)c1nc(C2(C)COc3ccccc3O2)no1. The van der Waals surface area contributed by atoms with Gasteiger partial charge in [0.1, 0.15) is 6.61 Å². The van der Waals surface area contributed by atoms with Gasteiger partial charge >= 0.3 is 0 Å². The van der Waals surface area contributed by atoms with Gasteiger partial charge in [-0.15, -0.1) is 0 Å². The molecule has 1 unspecified atom stereocenters. The first-order valence-electron chi connectivity index (χ1n) is 6.33. The molecule has 2 heterocycles. The monoisotopic (exact) mass is 278 g/mol. The summed E-state index contributed by atoms with van der Waals surface area (Å²) in [6, 6.07) is 7.33. The molecule has 0 radical (unpaired) electrons. The van der Waals surface area contributed by atoms with Crippen molar-refractivity contribution in [1.82, 2.24) is 10.1 Å². The third kappa shape index (κ3) is 2.11.